The van der Waals surface area contributed by atoms with Crippen molar-refractivity contribution in [3.05, 3.63) is 54.6 Å². The van der Waals surface area contributed by atoms with Crippen molar-refractivity contribution < 1.29 is 9.90 Å². The Kier molecular flexibility index (Phi) is 13.2. The van der Waals surface area contributed by atoms with Gasteiger partial charge in [0.2, 0.25) is 0 Å². The van der Waals surface area contributed by atoms with Crippen LogP contribution in [0.5, 0.6) is 0 Å². The van der Waals surface area contributed by atoms with Crippen LogP contribution in [0.4, 0.5) is 5.69 Å². The summed E-state index contributed by atoms with van der Waals surface area (Å²) < 4.78 is 0. The Morgan fingerprint density at radius 1 is 0.926 bits per heavy atom. The SMILES string of the molecule is C=CCCCCCCCCC=CCCCNc1ccc(C#CC(=O)O)cc1. The number of hydrogen-bond donors (Lipinski definition) is 2. The molecule has 0 saturated heterocycles. The Morgan fingerprint density at radius 3 is 2.15 bits per heavy atom. The van der Waals surface area contributed by atoms with Gasteiger partial charge in [0.25, 0.3) is 0 Å². The lowest BCUT2D eigenvalue weighted by Gasteiger charge is -2.05. The Bertz CT molecular complexity index is 620. The number of carboxylic acid groups (broad SMARTS) is 1. The molecule has 0 aliphatic heterocycles. The maximum atomic E-state index is 10.4. The van der Waals surface area contributed by atoms with Crippen LogP contribution < -0.4 is 5.32 Å². The third-order valence-corrected chi connectivity index (χ3v) is 4.27. The first-order valence-electron chi connectivity index (χ1n) is 10.1. The molecule has 0 bridgehead atoms. The molecule has 0 fully saturated rings. The Hall–Kier alpha value is -2.47. The van der Waals surface area contributed by atoms with Gasteiger partial charge in [-0.15, -0.1) is 6.58 Å². The maximum absolute atomic E-state index is 10.4. The normalized spacial score (nSPS) is 10.4. The van der Waals surface area contributed by atoms with Crippen molar-refractivity contribution in [1.82, 2.24) is 0 Å². The standard InChI is InChI=1S/C24H33NO2/c1-2-3-4-5-6-7-8-9-10-11-12-13-14-21-25-23-18-15-22(16-19-23)17-20-24(26)27/h2,11-12,15-16,18-19,25H,1,3-10,13-14,21H2,(H,26,27). The fraction of sp³-hybridized carbons (Fsp3) is 0.458. The highest BCUT2D eigenvalue weighted by molar-refractivity contribution is 5.87. The number of anilines is 1. The number of carbonyl (C=O) groups is 1. The molecule has 27 heavy (non-hydrogen) atoms. The van der Waals surface area contributed by atoms with E-state index in [0.29, 0.717) is 5.56 Å². The van der Waals surface area contributed by atoms with E-state index in [1.54, 1.807) is 0 Å². The Morgan fingerprint density at radius 2 is 1.52 bits per heavy atom. The average Bonchev–Trinajstić information content (AvgIpc) is 2.67. The molecule has 0 radical (unpaired) electrons. The first kappa shape index (κ1) is 22.6. The van der Waals surface area contributed by atoms with Crippen LogP contribution in [0.1, 0.15) is 69.8 Å². The van der Waals surface area contributed by atoms with Gasteiger partial charge in [-0.05, 0) is 62.8 Å². The van der Waals surface area contributed by atoms with E-state index in [1.807, 2.05) is 30.3 Å². The molecule has 0 aromatic heterocycles. The molecule has 0 unspecified atom stereocenters. The van der Waals surface area contributed by atoms with Gasteiger partial charge in [-0.1, -0.05) is 49.8 Å². The fourth-order valence-electron chi connectivity index (χ4n) is 2.74. The van der Waals surface area contributed by atoms with E-state index < -0.39 is 5.97 Å². The summed E-state index contributed by atoms with van der Waals surface area (Å²) in [5.74, 6) is 3.61. The van der Waals surface area contributed by atoms with Gasteiger partial charge in [-0.2, -0.15) is 0 Å². The third kappa shape index (κ3) is 13.4. The van der Waals surface area contributed by atoms with E-state index >= 15 is 0 Å². The van der Waals surface area contributed by atoms with Gasteiger partial charge in [0.05, 0.1) is 0 Å². The van der Waals surface area contributed by atoms with Crippen LogP contribution in [0, 0.1) is 11.8 Å². The van der Waals surface area contributed by atoms with E-state index in [2.05, 4.69) is 35.9 Å². The van der Waals surface area contributed by atoms with Crippen molar-refractivity contribution in [3.8, 4) is 11.8 Å². The highest BCUT2D eigenvalue weighted by Gasteiger charge is 1.93. The molecule has 0 aliphatic carbocycles. The second-order valence-corrected chi connectivity index (χ2v) is 6.66. The number of nitrogens with one attached hydrogen (secondary N) is 1. The molecule has 0 saturated carbocycles. The molecule has 1 aromatic carbocycles. The number of benzene rings is 1. The summed E-state index contributed by atoms with van der Waals surface area (Å²) in [5, 5.41) is 11.9. The Labute approximate surface area is 164 Å². The molecule has 146 valence electrons. The van der Waals surface area contributed by atoms with Crippen LogP contribution >= 0.6 is 0 Å². The number of allylic oxidation sites excluding steroid dienone is 3. The van der Waals surface area contributed by atoms with E-state index in [1.165, 1.54) is 44.9 Å². The molecule has 0 aliphatic rings. The molecule has 0 heterocycles. The van der Waals surface area contributed by atoms with Gasteiger partial charge < -0.3 is 10.4 Å². The van der Waals surface area contributed by atoms with Crippen molar-refractivity contribution in [2.45, 2.75) is 64.2 Å². The van der Waals surface area contributed by atoms with E-state index in [0.717, 1.165) is 31.5 Å². The number of aliphatic carboxylic acids is 1. The lowest BCUT2D eigenvalue weighted by molar-refractivity contribution is -0.130. The molecule has 0 amide bonds. The minimum Gasteiger partial charge on any atom is -0.472 e. The first-order valence-corrected chi connectivity index (χ1v) is 10.1. The second kappa shape index (κ2) is 15.8. The van der Waals surface area contributed by atoms with Crippen molar-refractivity contribution >= 4 is 11.7 Å². The summed E-state index contributed by atoms with van der Waals surface area (Å²) >= 11 is 0. The zero-order valence-corrected chi connectivity index (χ0v) is 16.4. The van der Waals surface area contributed by atoms with E-state index in [-0.39, 0.29) is 0 Å². The van der Waals surface area contributed by atoms with Crippen molar-refractivity contribution in [1.29, 1.82) is 0 Å². The third-order valence-electron chi connectivity index (χ3n) is 4.27. The zero-order chi connectivity index (χ0) is 19.6. The van der Waals surface area contributed by atoms with Crippen LogP contribution in [-0.2, 0) is 4.79 Å². The molecule has 1 aromatic rings. The predicted molar refractivity (Wildman–Crippen MR) is 115 cm³/mol. The quantitative estimate of drug-likeness (QED) is 0.234. The number of rotatable bonds is 14. The van der Waals surface area contributed by atoms with Gasteiger partial charge in [0.15, 0.2) is 0 Å². The molecule has 0 atom stereocenters. The van der Waals surface area contributed by atoms with Crippen LogP contribution in [0.3, 0.4) is 0 Å². The maximum Gasteiger partial charge on any atom is 0.382 e. The van der Waals surface area contributed by atoms with E-state index in [4.69, 9.17) is 5.11 Å². The summed E-state index contributed by atoms with van der Waals surface area (Å²) in [6, 6.07) is 7.52. The van der Waals surface area contributed by atoms with Gasteiger partial charge in [0, 0.05) is 23.7 Å². The lowest BCUT2D eigenvalue weighted by atomic mass is 10.1. The molecule has 1 rings (SSSR count). The number of hydrogen-bond acceptors (Lipinski definition) is 2. The van der Waals surface area contributed by atoms with Crippen LogP contribution in [0.15, 0.2) is 49.1 Å². The number of carboxylic acids is 1. The van der Waals surface area contributed by atoms with E-state index in [9.17, 15) is 4.79 Å². The minimum absolute atomic E-state index is 0.711. The molecule has 0 spiro atoms. The Balaban J connectivity index is 1.99. The van der Waals surface area contributed by atoms with Gasteiger partial charge >= 0.3 is 5.97 Å². The minimum atomic E-state index is -1.11. The summed E-state index contributed by atoms with van der Waals surface area (Å²) in [7, 11) is 0. The fourth-order valence-corrected chi connectivity index (χ4v) is 2.74. The van der Waals surface area contributed by atoms with Crippen LogP contribution in [0.2, 0.25) is 0 Å². The average molecular weight is 368 g/mol. The highest BCUT2D eigenvalue weighted by atomic mass is 16.4. The summed E-state index contributed by atoms with van der Waals surface area (Å²) in [5.41, 5.74) is 1.75. The van der Waals surface area contributed by atoms with Gasteiger partial charge in [-0.25, -0.2) is 4.79 Å². The van der Waals surface area contributed by atoms with Gasteiger partial charge in [-0.3, -0.25) is 0 Å². The van der Waals surface area contributed by atoms with Gasteiger partial charge in [0.1, 0.15) is 0 Å². The summed E-state index contributed by atoms with van der Waals surface area (Å²) in [6.45, 7) is 4.68. The summed E-state index contributed by atoms with van der Waals surface area (Å²) in [4.78, 5) is 10.4. The molecule has 2 N–H and O–H groups in total. The second-order valence-electron chi connectivity index (χ2n) is 6.66. The largest absolute Gasteiger partial charge is 0.472 e. The lowest BCUT2D eigenvalue weighted by Crippen LogP contribution is -2.00. The first-order chi connectivity index (χ1) is 13.2. The smallest absolute Gasteiger partial charge is 0.382 e. The highest BCUT2D eigenvalue weighted by Crippen LogP contribution is 2.10. The zero-order valence-electron chi connectivity index (χ0n) is 16.4. The molecule has 3 heteroatoms. The van der Waals surface area contributed by atoms with Crippen molar-refractivity contribution in [2.24, 2.45) is 0 Å². The van der Waals surface area contributed by atoms with Crippen molar-refractivity contribution in [3.63, 3.8) is 0 Å². The monoisotopic (exact) mass is 367 g/mol. The predicted octanol–water partition coefficient (Wildman–Crippen LogP) is 6.18. The van der Waals surface area contributed by atoms with Crippen molar-refractivity contribution in [2.75, 3.05) is 11.9 Å². The molecular formula is C24H33NO2. The number of unbranched alkanes of at least 4 members (excludes halogenated alkanes) is 8. The molecular weight excluding hydrogens is 334 g/mol. The topological polar surface area (TPSA) is 49.3 Å². The van der Waals surface area contributed by atoms with Crippen LogP contribution in [0.25, 0.3) is 0 Å². The summed E-state index contributed by atoms with van der Waals surface area (Å²) in [6.07, 6.45) is 19.1. The molecule has 3 nitrogen and oxygen atoms in total. The van der Waals surface area contributed by atoms with Crippen LogP contribution in [-0.4, -0.2) is 17.6 Å².